The molecule has 1 heterocycles. The molecule has 0 bridgehead atoms. The Labute approximate surface area is 118 Å². The maximum atomic E-state index is 10.8. The molecule has 1 N–H and O–H groups in total. The van der Waals surface area contributed by atoms with Crippen molar-refractivity contribution in [3.05, 3.63) is 36.5 Å². The highest BCUT2D eigenvalue weighted by molar-refractivity contribution is 7.88. The quantitative estimate of drug-likeness (QED) is 0.858. The minimum absolute atomic E-state index is 0.0848. The lowest BCUT2D eigenvalue weighted by Crippen LogP contribution is -2.21. The van der Waals surface area contributed by atoms with Gasteiger partial charge in [0.25, 0.3) is 0 Å². The Morgan fingerprint density at radius 3 is 2.95 bits per heavy atom. The maximum absolute atomic E-state index is 10.8. The van der Waals surface area contributed by atoms with E-state index in [1.54, 1.807) is 6.20 Å². The SMILES string of the molecule is CS(=O)(=O)NCC#CCOc1ccc2cccnc2c1. The number of pyridine rings is 1. The third kappa shape index (κ3) is 4.53. The van der Waals surface area contributed by atoms with Gasteiger partial charge in [0.2, 0.25) is 10.0 Å². The van der Waals surface area contributed by atoms with E-state index in [1.807, 2.05) is 30.3 Å². The standard InChI is InChI=1S/C14H14N2O3S/c1-20(17,18)16-9-2-3-10-19-13-7-6-12-5-4-8-15-14(12)11-13/h4-8,11,16H,9-10H2,1H3. The van der Waals surface area contributed by atoms with Gasteiger partial charge in [0.15, 0.2) is 0 Å². The molecule has 0 saturated heterocycles. The highest BCUT2D eigenvalue weighted by atomic mass is 32.2. The van der Waals surface area contributed by atoms with E-state index >= 15 is 0 Å². The average molecular weight is 290 g/mol. The zero-order valence-corrected chi connectivity index (χ0v) is 11.8. The summed E-state index contributed by atoms with van der Waals surface area (Å²) >= 11 is 0. The number of hydrogen-bond acceptors (Lipinski definition) is 4. The molecule has 0 aliphatic carbocycles. The summed E-state index contributed by atoms with van der Waals surface area (Å²) in [7, 11) is -3.19. The van der Waals surface area contributed by atoms with Crippen LogP contribution in [0.4, 0.5) is 0 Å². The molecule has 0 aliphatic rings. The second-order valence-corrected chi connectivity index (χ2v) is 5.93. The van der Waals surface area contributed by atoms with Crippen LogP contribution in [-0.2, 0) is 10.0 Å². The number of hydrogen-bond donors (Lipinski definition) is 1. The number of ether oxygens (including phenoxy) is 1. The Bertz CT molecular complexity index is 761. The molecule has 1 aromatic carbocycles. The minimum atomic E-state index is -3.19. The van der Waals surface area contributed by atoms with Gasteiger partial charge in [0, 0.05) is 17.6 Å². The first-order chi connectivity index (χ1) is 9.54. The molecule has 0 unspecified atom stereocenters. The molecule has 0 fully saturated rings. The number of rotatable bonds is 4. The molecule has 6 heteroatoms. The number of sulfonamides is 1. The first-order valence-electron chi connectivity index (χ1n) is 5.92. The summed E-state index contributed by atoms with van der Waals surface area (Å²) < 4.78 is 29.3. The van der Waals surface area contributed by atoms with E-state index in [1.165, 1.54) is 0 Å². The zero-order valence-electron chi connectivity index (χ0n) is 11.0. The van der Waals surface area contributed by atoms with E-state index in [-0.39, 0.29) is 13.2 Å². The third-order valence-electron chi connectivity index (χ3n) is 2.44. The monoisotopic (exact) mass is 290 g/mol. The van der Waals surface area contributed by atoms with Crippen molar-refractivity contribution in [3.63, 3.8) is 0 Å². The van der Waals surface area contributed by atoms with Crippen molar-refractivity contribution in [2.45, 2.75) is 0 Å². The van der Waals surface area contributed by atoms with Crippen LogP contribution in [-0.4, -0.2) is 32.8 Å². The van der Waals surface area contributed by atoms with E-state index in [9.17, 15) is 8.42 Å². The molecule has 0 saturated carbocycles. The summed E-state index contributed by atoms with van der Waals surface area (Å²) in [4.78, 5) is 4.23. The Kier molecular flexibility index (Phi) is 4.56. The minimum Gasteiger partial charge on any atom is -0.481 e. The zero-order chi connectivity index (χ0) is 14.4. The Balaban J connectivity index is 1.88. The van der Waals surface area contributed by atoms with E-state index in [0.717, 1.165) is 17.2 Å². The van der Waals surface area contributed by atoms with E-state index in [0.29, 0.717) is 5.75 Å². The average Bonchev–Trinajstić information content (AvgIpc) is 2.41. The summed E-state index contributed by atoms with van der Waals surface area (Å²) in [6, 6.07) is 9.47. The molecule has 1 aromatic heterocycles. The first kappa shape index (κ1) is 14.3. The lowest BCUT2D eigenvalue weighted by molar-refractivity contribution is 0.370. The van der Waals surface area contributed by atoms with Gasteiger partial charge < -0.3 is 4.74 Å². The van der Waals surface area contributed by atoms with Crippen LogP contribution in [0, 0.1) is 11.8 Å². The fourth-order valence-electron chi connectivity index (χ4n) is 1.54. The summed E-state index contributed by atoms with van der Waals surface area (Å²) in [6.45, 7) is 0.283. The highest BCUT2D eigenvalue weighted by Crippen LogP contribution is 2.18. The molecule has 104 valence electrons. The summed E-state index contributed by atoms with van der Waals surface area (Å²) in [5.41, 5.74) is 0.858. The fourth-order valence-corrected chi connectivity index (χ4v) is 1.87. The Morgan fingerprint density at radius 2 is 2.15 bits per heavy atom. The van der Waals surface area contributed by atoms with Crippen LogP contribution in [0.15, 0.2) is 36.5 Å². The number of benzene rings is 1. The number of aromatic nitrogens is 1. The lowest BCUT2D eigenvalue weighted by atomic mass is 10.2. The number of nitrogens with zero attached hydrogens (tertiary/aromatic N) is 1. The maximum Gasteiger partial charge on any atom is 0.209 e. The molecule has 2 rings (SSSR count). The fraction of sp³-hybridized carbons (Fsp3) is 0.214. The molecular weight excluding hydrogens is 276 g/mol. The molecular formula is C14H14N2O3S. The molecule has 0 spiro atoms. The van der Waals surface area contributed by atoms with Crippen molar-refractivity contribution < 1.29 is 13.2 Å². The van der Waals surface area contributed by atoms with Crippen molar-refractivity contribution in [3.8, 4) is 17.6 Å². The largest absolute Gasteiger partial charge is 0.481 e. The van der Waals surface area contributed by atoms with Crippen LogP contribution >= 0.6 is 0 Å². The number of fused-ring (bicyclic) bond motifs is 1. The van der Waals surface area contributed by atoms with Crippen LogP contribution in [0.25, 0.3) is 10.9 Å². The smallest absolute Gasteiger partial charge is 0.209 e. The van der Waals surface area contributed by atoms with Crippen molar-refractivity contribution in [1.29, 1.82) is 0 Å². The Morgan fingerprint density at radius 1 is 1.30 bits per heavy atom. The van der Waals surface area contributed by atoms with Crippen LogP contribution < -0.4 is 9.46 Å². The van der Waals surface area contributed by atoms with Gasteiger partial charge in [-0.3, -0.25) is 4.98 Å². The van der Waals surface area contributed by atoms with Crippen molar-refractivity contribution >= 4 is 20.9 Å². The predicted octanol–water partition coefficient (Wildman–Crippen LogP) is 1.17. The van der Waals surface area contributed by atoms with Gasteiger partial charge in [-0.2, -0.15) is 0 Å². The van der Waals surface area contributed by atoms with E-state index < -0.39 is 10.0 Å². The van der Waals surface area contributed by atoms with Crippen LogP contribution in [0.1, 0.15) is 0 Å². The molecule has 2 aromatic rings. The van der Waals surface area contributed by atoms with Gasteiger partial charge in [-0.25, -0.2) is 13.1 Å². The predicted molar refractivity (Wildman–Crippen MR) is 77.9 cm³/mol. The van der Waals surface area contributed by atoms with Gasteiger partial charge in [-0.1, -0.05) is 17.9 Å². The lowest BCUT2D eigenvalue weighted by Gasteiger charge is -2.03. The normalized spacial score (nSPS) is 10.8. The third-order valence-corrected chi connectivity index (χ3v) is 3.10. The van der Waals surface area contributed by atoms with Gasteiger partial charge in [0.1, 0.15) is 12.4 Å². The van der Waals surface area contributed by atoms with Crippen molar-refractivity contribution in [2.75, 3.05) is 19.4 Å². The number of nitrogens with one attached hydrogen (secondary N) is 1. The second-order valence-electron chi connectivity index (χ2n) is 4.09. The summed E-state index contributed by atoms with van der Waals surface area (Å²) in [6.07, 6.45) is 2.82. The van der Waals surface area contributed by atoms with E-state index in [2.05, 4.69) is 21.5 Å². The second kappa shape index (κ2) is 6.37. The van der Waals surface area contributed by atoms with Crippen LogP contribution in [0.5, 0.6) is 5.75 Å². The first-order valence-corrected chi connectivity index (χ1v) is 7.82. The highest BCUT2D eigenvalue weighted by Gasteiger charge is 1.97. The molecule has 0 atom stereocenters. The molecule has 5 nitrogen and oxygen atoms in total. The van der Waals surface area contributed by atoms with Crippen molar-refractivity contribution in [1.82, 2.24) is 9.71 Å². The topological polar surface area (TPSA) is 68.3 Å². The van der Waals surface area contributed by atoms with E-state index in [4.69, 9.17) is 4.74 Å². The van der Waals surface area contributed by atoms with Gasteiger partial charge in [-0.15, -0.1) is 0 Å². The molecule has 0 aliphatic heterocycles. The van der Waals surface area contributed by atoms with Gasteiger partial charge in [0.05, 0.1) is 18.3 Å². The molecule has 0 amide bonds. The summed E-state index contributed by atoms with van der Waals surface area (Å²) in [5.74, 6) is 6.09. The summed E-state index contributed by atoms with van der Waals surface area (Å²) in [5, 5.41) is 1.04. The van der Waals surface area contributed by atoms with Gasteiger partial charge >= 0.3 is 0 Å². The molecule has 20 heavy (non-hydrogen) atoms. The molecule has 0 radical (unpaired) electrons. The van der Waals surface area contributed by atoms with Crippen LogP contribution in [0.3, 0.4) is 0 Å². The van der Waals surface area contributed by atoms with Crippen molar-refractivity contribution in [2.24, 2.45) is 0 Å². The van der Waals surface area contributed by atoms with Crippen LogP contribution in [0.2, 0.25) is 0 Å². The van der Waals surface area contributed by atoms with Gasteiger partial charge in [-0.05, 0) is 18.2 Å². The Hall–Kier alpha value is -2.10.